The van der Waals surface area contributed by atoms with E-state index in [1.165, 1.54) is 16.2 Å². The first-order chi connectivity index (χ1) is 15.4. The molecule has 0 bridgehead atoms. The van der Waals surface area contributed by atoms with Crippen LogP contribution in [0.3, 0.4) is 0 Å². The molecule has 8 heteroatoms. The number of hydrogen-bond donors (Lipinski definition) is 2. The van der Waals surface area contributed by atoms with Gasteiger partial charge in [-0.1, -0.05) is 48.5 Å². The first-order valence-corrected chi connectivity index (χ1v) is 11.2. The van der Waals surface area contributed by atoms with Crippen LogP contribution in [0.1, 0.15) is 35.5 Å². The maximum absolute atomic E-state index is 12.8. The largest absolute Gasteiger partial charge is 0.352 e. The first kappa shape index (κ1) is 23.1. The molecule has 7 nitrogen and oxygen atoms in total. The molecular formula is C24H26N4O3S. The monoisotopic (exact) mass is 450 g/mol. The molecule has 0 radical (unpaired) electrons. The average Bonchev–Trinajstić information content (AvgIpc) is 3.23. The maximum atomic E-state index is 12.8. The van der Waals surface area contributed by atoms with E-state index in [0.29, 0.717) is 22.9 Å². The van der Waals surface area contributed by atoms with Gasteiger partial charge in [-0.05, 0) is 31.5 Å². The van der Waals surface area contributed by atoms with Gasteiger partial charge in [0.05, 0.1) is 12.1 Å². The summed E-state index contributed by atoms with van der Waals surface area (Å²) in [6, 6.07) is 18.4. The predicted molar refractivity (Wildman–Crippen MR) is 125 cm³/mol. The number of carbonyl (C=O) groups excluding carboxylic acids is 3. The minimum Gasteiger partial charge on any atom is -0.352 e. The fourth-order valence-corrected chi connectivity index (χ4v) is 3.74. The highest BCUT2D eigenvalue weighted by atomic mass is 32.1. The second-order valence-electron chi connectivity index (χ2n) is 7.52. The number of benzene rings is 2. The van der Waals surface area contributed by atoms with Crippen molar-refractivity contribution in [2.75, 3.05) is 11.9 Å². The zero-order valence-electron chi connectivity index (χ0n) is 18.1. The fourth-order valence-electron chi connectivity index (χ4n) is 3.02. The van der Waals surface area contributed by atoms with Gasteiger partial charge in [-0.25, -0.2) is 4.98 Å². The predicted octanol–water partition coefficient (Wildman–Crippen LogP) is 3.49. The number of carbonyl (C=O) groups is 3. The van der Waals surface area contributed by atoms with E-state index in [9.17, 15) is 14.4 Å². The molecule has 0 spiro atoms. The van der Waals surface area contributed by atoms with Crippen LogP contribution in [-0.2, 0) is 22.6 Å². The number of nitrogens with zero attached hydrogens (tertiary/aromatic N) is 2. The van der Waals surface area contributed by atoms with E-state index in [1.807, 2.05) is 50.2 Å². The molecule has 1 heterocycles. The minimum atomic E-state index is -0.336. The molecular weight excluding hydrogens is 424 g/mol. The highest BCUT2D eigenvalue weighted by Crippen LogP contribution is 2.16. The number of amides is 3. The average molecular weight is 451 g/mol. The summed E-state index contributed by atoms with van der Waals surface area (Å²) in [7, 11) is 0. The molecule has 0 aliphatic heterocycles. The van der Waals surface area contributed by atoms with Gasteiger partial charge in [-0.15, -0.1) is 11.3 Å². The quantitative estimate of drug-likeness (QED) is 0.522. The Hall–Kier alpha value is -3.52. The van der Waals surface area contributed by atoms with Gasteiger partial charge in [-0.3, -0.25) is 14.4 Å². The summed E-state index contributed by atoms with van der Waals surface area (Å²) in [6.45, 7) is 4.10. The molecule has 0 saturated carbocycles. The van der Waals surface area contributed by atoms with Crippen LogP contribution in [0.25, 0.3) is 0 Å². The van der Waals surface area contributed by atoms with Gasteiger partial charge in [-0.2, -0.15) is 0 Å². The van der Waals surface area contributed by atoms with E-state index in [0.717, 1.165) is 5.56 Å². The van der Waals surface area contributed by atoms with Crippen LogP contribution in [0.4, 0.5) is 5.13 Å². The van der Waals surface area contributed by atoms with Crippen LogP contribution >= 0.6 is 11.3 Å². The minimum absolute atomic E-state index is 0.0854. The standard InChI is InChI=1S/C24H26N4O3S/c1-17(2)28(23(31)19-11-7-4-8-12-19)15-22(30)27-24-26-20(16-32-24)13-21(29)25-14-18-9-5-3-6-10-18/h3-12,16-17H,13-15H2,1-2H3,(H,25,29)(H,26,27,30). The van der Waals surface area contributed by atoms with Gasteiger partial charge >= 0.3 is 0 Å². The molecule has 32 heavy (non-hydrogen) atoms. The van der Waals surface area contributed by atoms with Crippen LogP contribution in [0.2, 0.25) is 0 Å². The molecule has 2 N–H and O–H groups in total. The first-order valence-electron chi connectivity index (χ1n) is 10.3. The Kier molecular flexibility index (Phi) is 8.10. The summed E-state index contributed by atoms with van der Waals surface area (Å²) in [4.78, 5) is 43.3. The summed E-state index contributed by atoms with van der Waals surface area (Å²) in [6.07, 6.45) is 0.129. The zero-order chi connectivity index (χ0) is 22.9. The molecule has 0 aliphatic rings. The highest BCUT2D eigenvalue weighted by Gasteiger charge is 2.22. The number of anilines is 1. The lowest BCUT2D eigenvalue weighted by molar-refractivity contribution is -0.120. The van der Waals surface area contributed by atoms with Crippen molar-refractivity contribution in [1.82, 2.24) is 15.2 Å². The van der Waals surface area contributed by atoms with Crippen LogP contribution in [0.5, 0.6) is 0 Å². The van der Waals surface area contributed by atoms with Gasteiger partial charge in [0.2, 0.25) is 11.8 Å². The lowest BCUT2D eigenvalue weighted by Crippen LogP contribution is -2.42. The van der Waals surface area contributed by atoms with E-state index >= 15 is 0 Å². The van der Waals surface area contributed by atoms with E-state index in [1.54, 1.807) is 29.6 Å². The Bertz CT molecular complexity index is 1050. The molecule has 0 atom stereocenters. The molecule has 3 amide bonds. The molecule has 0 unspecified atom stereocenters. The SMILES string of the molecule is CC(C)N(CC(=O)Nc1nc(CC(=O)NCc2ccccc2)cs1)C(=O)c1ccccc1. The van der Waals surface area contributed by atoms with Gasteiger partial charge in [0.25, 0.3) is 5.91 Å². The number of aromatic nitrogens is 1. The number of rotatable bonds is 9. The normalized spacial score (nSPS) is 10.6. The third-order valence-electron chi connectivity index (χ3n) is 4.69. The van der Waals surface area contributed by atoms with Crippen molar-refractivity contribution in [2.45, 2.75) is 32.9 Å². The molecule has 3 rings (SSSR count). The number of hydrogen-bond acceptors (Lipinski definition) is 5. The number of nitrogens with one attached hydrogen (secondary N) is 2. The van der Waals surface area contributed by atoms with E-state index in [4.69, 9.17) is 0 Å². The molecule has 0 aliphatic carbocycles. The Morgan fingerprint density at radius 3 is 2.28 bits per heavy atom. The van der Waals surface area contributed by atoms with E-state index in [2.05, 4.69) is 15.6 Å². The van der Waals surface area contributed by atoms with Crippen molar-refractivity contribution in [2.24, 2.45) is 0 Å². The van der Waals surface area contributed by atoms with Crippen molar-refractivity contribution in [3.8, 4) is 0 Å². The van der Waals surface area contributed by atoms with Crippen molar-refractivity contribution < 1.29 is 14.4 Å². The fraction of sp³-hybridized carbons (Fsp3) is 0.250. The summed E-state index contributed by atoms with van der Waals surface area (Å²) in [5.74, 6) is -0.681. The van der Waals surface area contributed by atoms with Crippen molar-refractivity contribution >= 4 is 34.2 Å². The van der Waals surface area contributed by atoms with Crippen LogP contribution in [0, 0.1) is 0 Å². The third kappa shape index (κ3) is 6.75. The summed E-state index contributed by atoms with van der Waals surface area (Å²) in [5.41, 5.74) is 2.14. The molecule has 0 saturated heterocycles. The van der Waals surface area contributed by atoms with Gasteiger partial charge < -0.3 is 15.5 Å². The summed E-state index contributed by atoms with van der Waals surface area (Å²) < 4.78 is 0. The van der Waals surface area contributed by atoms with Gasteiger partial charge in [0.1, 0.15) is 6.54 Å². The summed E-state index contributed by atoms with van der Waals surface area (Å²) >= 11 is 1.25. The Labute approximate surface area is 191 Å². The van der Waals surface area contributed by atoms with Crippen LogP contribution in [0.15, 0.2) is 66.0 Å². The molecule has 166 valence electrons. The molecule has 3 aromatic rings. The summed E-state index contributed by atoms with van der Waals surface area (Å²) in [5, 5.41) is 7.73. The smallest absolute Gasteiger partial charge is 0.254 e. The molecule has 0 fully saturated rings. The lowest BCUT2D eigenvalue weighted by atomic mass is 10.1. The van der Waals surface area contributed by atoms with Crippen LogP contribution < -0.4 is 10.6 Å². The van der Waals surface area contributed by atoms with Crippen molar-refractivity contribution in [3.63, 3.8) is 0 Å². The van der Waals surface area contributed by atoms with E-state index in [-0.39, 0.29) is 36.7 Å². The highest BCUT2D eigenvalue weighted by molar-refractivity contribution is 7.13. The van der Waals surface area contributed by atoms with Gasteiger partial charge in [0, 0.05) is 23.5 Å². The molecule has 2 aromatic carbocycles. The topological polar surface area (TPSA) is 91.4 Å². The number of thiazole rings is 1. The molecule has 1 aromatic heterocycles. The Morgan fingerprint density at radius 1 is 0.969 bits per heavy atom. The second kappa shape index (κ2) is 11.2. The second-order valence-corrected chi connectivity index (χ2v) is 8.38. The maximum Gasteiger partial charge on any atom is 0.254 e. The zero-order valence-corrected chi connectivity index (χ0v) is 18.9. The Morgan fingerprint density at radius 2 is 1.62 bits per heavy atom. The lowest BCUT2D eigenvalue weighted by Gasteiger charge is -2.26. The van der Waals surface area contributed by atoms with E-state index < -0.39 is 0 Å². The van der Waals surface area contributed by atoms with Gasteiger partial charge in [0.15, 0.2) is 5.13 Å². The van der Waals surface area contributed by atoms with Crippen molar-refractivity contribution in [1.29, 1.82) is 0 Å². The Balaban J connectivity index is 1.52. The van der Waals surface area contributed by atoms with Crippen LogP contribution in [-0.4, -0.2) is 40.2 Å². The third-order valence-corrected chi connectivity index (χ3v) is 5.50. The van der Waals surface area contributed by atoms with Crippen molar-refractivity contribution in [3.05, 3.63) is 82.9 Å².